The fourth-order valence-electron chi connectivity index (χ4n) is 3.65. The minimum atomic E-state index is -0.0571. The molecule has 1 amide bonds. The largest absolute Gasteiger partial charge is 0.351 e. The van der Waals surface area contributed by atoms with Crippen LogP contribution in [0.25, 0.3) is 0 Å². The van der Waals surface area contributed by atoms with Gasteiger partial charge in [-0.2, -0.15) is 5.10 Å². The van der Waals surface area contributed by atoms with E-state index < -0.39 is 0 Å². The lowest BCUT2D eigenvalue weighted by Gasteiger charge is -2.33. The summed E-state index contributed by atoms with van der Waals surface area (Å²) >= 11 is 0. The molecule has 3 heterocycles. The van der Waals surface area contributed by atoms with Gasteiger partial charge in [0, 0.05) is 45.5 Å². The molecule has 2 aliphatic heterocycles. The maximum absolute atomic E-state index is 12.3. The van der Waals surface area contributed by atoms with Crippen molar-refractivity contribution in [2.45, 2.75) is 32.2 Å². The summed E-state index contributed by atoms with van der Waals surface area (Å²) in [6.07, 6.45) is 5.21. The molecule has 2 N–H and O–H groups in total. The molecule has 0 aromatic carbocycles. The summed E-state index contributed by atoms with van der Waals surface area (Å²) in [4.78, 5) is 17.2. The molecule has 0 aliphatic carbocycles. The molecular formula is C18H33ClN6O. The van der Waals surface area contributed by atoms with Crippen LogP contribution in [-0.2, 0) is 0 Å². The van der Waals surface area contributed by atoms with Crippen LogP contribution >= 0.6 is 12.4 Å². The van der Waals surface area contributed by atoms with Gasteiger partial charge in [-0.3, -0.25) is 9.48 Å². The lowest BCUT2D eigenvalue weighted by molar-refractivity contribution is 0.0942. The number of piperidine rings is 1. The predicted molar refractivity (Wildman–Crippen MR) is 106 cm³/mol. The van der Waals surface area contributed by atoms with Crippen LogP contribution in [0.4, 0.5) is 0 Å². The molecule has 26 heavy (non-hydrogen) atoms. The maximum Gasteiger partial charge on any atom is 0.271 e. The van der Waals surface area contributed by atoms with Gasteiger partial charge in [0.25, 0.3) is 5.91 Å². The van der Waals surface area contributed by atoms with Gasteiger partial charge in [0.05, 0.1) is 6.04 Å². The van der Waals surface area contributed by atoms with Gasteiger partial charge in [-0.25, -0.2) is 0 Å². The first kappa shape index (κ1) is 21.2. The highest BCUT2D eigenvalue weighted by molar-refractivity contribution is 5.92. The Labute approximate surface area is 162 Å². The molecule has 3 rings (SSSR count). The highest BCUT2D eigenvalue weighted by Gasteiger charge is 2.18. The number of aromatic nitrogens is 2. The van der Waals surface area contributed by atoms with E-state index in [0.717, 1.165) is 65.2 Å². The van der Waals surface area contributed by atoms with Crippen LogP contribution in [0, 0.1) is 0 Å². The van der Waals surface area contributed by atoms with E-state index in [1.807, 2.05) is 16.9 Å². The van der Waals surface area contributed by atoms with Crippen molar-refractivity contribution in [1.29, 1.82) is 0 Å². The molecule has 0 radical (unpaired) electrons. The Morgan fingerprint density at radius 1 is 1.31 bits per heavy atom. The zero-order valence-corrected chi connectivity index (χ0v) is 16.6. The molecule has 2 aliphatic rings. The van der Waals surface area contributed by atoms with Gasteiger partial charge >= 0.3 is 0 Å². The van der Waals surface area contributed by atoms with Crippen molar-refractivity contribution >= 4 is 18.3 Å². The lowest BCUT2D eigenvalue weighted by Crippen LogP contribution is -2.46. The monoisotopic (exact) mass is 384 g/mol. The second kappa shape index (κ2) is 10.9. The molecule has 1 unspecified atom stereocenters. The van der Waals surface area contributed by atoms with Gasteiger partial charge in [0.15, 0.2) is 0 Å². The smallest absolute Gasteiger partial charge is 0.271 e. The Morgan fingerprint density at radius 3 is 2.77 bits per heavy atom. The summed E-state index contributed by atoms with van der Waals surface area (Å²) in [6.45, 7) is 11.8. The zero-order chi connectivity index (χ0) is 17.5. The van der Waals surface area contributed by atoms with Crippen LogP contribution in [0.1, 0.15) is 42.7 Å². The van der Waals surface area contributed by atoms with E-state index in [4.69, 9.17) is 0 Å². The lowest BCUT2D eigenvalue weighted by atomic mass is 10.1. The Hall–Kier alpha value is -1.15. The van der Waals surface area contributed by atoms with E-state index in [0.29, 0.717) is 18.3 Å². The molecule has 1 atom stereocenters. The molecule has 2 fully saturated rings. The van der Waals surface area contributed by atoms with Crippen molar-refractivity contribution in [2.24, 2.45) is 0 Å². The highest BCUT2D eigenvalue weighted by Crippen LogP contribution is 2.15. The maximum atomic E-state index is 12.3. The van der Waals surface area contributed by atoms with Crippen LogP contribution in [-0.4, -0.2) is 84.4 Å². The van der Waals surface area contributed by atoms with Crippen LogP contribution in [0.2, 0.25) is 0 Å². The van der Waals surface area contributed by atoms with Crippen LogP contribution in [0.5, 0.6) is 0 Å². The first-order valence-corrected chi connectivity index (χ1v) is 9.75. The summed E-state index contributed by atoms with van der Waals surface area (Å²) in [5.41, 5.74) is 0.530. The van der Waals surface area contributed by atoms with Crippen molar-refractivity contribution < 1.29 is 4.79 Å². The molecule has 0 saturated carbocycles. The number of halogens is 1. The minimum absolute atomic E-state index is 0. The Bertz CT molecular complexity index is 538. The van der Waals surface area contributed by atoms with Crippen LogP contribution in [0.3, 0.4) is 0 Å². The number of nitrogens with zero attached hydrogens (tertiary/aromatic N) is 4. The first-order chi connectivity index (χ1) is 12.3. The Morgan fingerprint density at radius 2 is 2.08 bits per heavy atom. The van der Waals surface area contributed by atoms with Crippen molar-refractivity contribution in [3.63, 3.8) is 0 Å². The van der Waals surface area contributed by atoms with Crippen molar-refractivity contribution in [3.8, 4) is 0 Å². The Balaban J connectivity index is 0.00000243. The summed E-state index contributed by atoms with van der Waals surface area (Å²) in [6, 6.07) is 2.20. The number of hydrogen-bond acceptors (Lipinski definition) is 5. The topological polar surface area (TPSA) is 65.4 Å². The van der Waals surface area contributed by atoms with Crippen molar-refractivity contribution in [1.82, 2.24) is 30.2 Å². The van der Waals surface area contributed by atoms with E-state index >= 15 is 0 Å². The zero-order valence-electron chi connectivity index (χ0n) is 15.8. The summed E-state index contributed by atoms with van der Waals surface area (Å²) in [5, 5.41) is 10.9. The summed E-state index contributed by atoms with van der Waals surface area (Å²) < 4.78 is 1.94. The highest BCUT2D eigenvalue weighted by atomic mass is 35.5. The number of amides is 1. The average molecular weight is 385 g/mol. The van der Waals surface area contributed by atoms with Gasteiger partial charge in [0.1, 0.15) is 5.69 Å². The van der Waals surface area contributed by atoms with Gasteiger partial charge in [0.2, 0.25) is 0 Å². The first-order valence-electron chi connectivity index (χ1n) is 9.75. The summed E-state index contributed by atoms with van der Waals surface area (Å²) in [5.74, 6) is -0.0571. The van der Waals surface area contributed by atoms with Crippen molar-refractivity contribution in [2.75, 3.05) is 58.9 Å². The van der Waals surface area contributed by atoms with E-state index in [2.05, 4.69) is 32.5 Å². The number of rotatable bonds is 7. The van der Waals surface area contributed by atoms with Crippen LogP contribution in [0.15, 0.2) is 12.3 Å². The minimum Gasteiger partial charge on any atom is -0.351 e. The number of piperazine rings is 1. The fourth-order valence-corrected chi connectivity index (χ4v) is 3.65. The molecule has 0 spiro atoms. The summed E-state index contributed by atoms with van der Waals surface area (Å²) in [7, 11) is 0. The molecule has 8 heteroatoms. The predicted octanol–water partition coefficient (Wildman–Crippen LogP) is 0.987. The van der Waals surface area contributed by atoms with Crippen LogP contribution < -0.4 is 10.6 Å². The van der Waals surface area contributed by atoms with E-state index in [1.54, 1.807) is 0 Å². The van der Waals surface area contributed by atoms with Gasteiger partial charge in [-0.15, -0.1) is 12.4 Å². The van der Waals surface area contributed by atoms with Crippen molar-refractivity contribution in [3.05, 3.63) is 18.0 Å². The third-order valence-electron chi connectivity index (χ3n) is 5.33. The molecule has 7 nitrogen and oxygen atoms in total. The van der Waals surface area contributed by atoms with E-state index in [9.17, 15) is 4.79 Å². The van der Waals surface area contributed by atoms with Gasteiger partial charge < -0.3 is 20.4 Å². The average Bonchev–Trinajstić information content (AvgIpc) is 3.16. The third kappa shape index (κ3) is 5.94. The van der Waals surface area contributed by atoms with Gasteiger partial charge in [-0.05, 0) is 45.0 Å². The number of carbonyl (C=O) groups excluding carboxylic acids is 1. The quantitative estimate of drug-likeness (QED) is 0.686. The second-order valence-electron chi connectivity index (χ2n) is 7.07. The molecular weight excluding hydrogens is 352 g/mol. The Kier molecular flexibility index (Phi) is 8.84. The molecule has 1 aromatic rings. The molecule has 0 bridgehead atoms. The molecule has 148 valence electrons. The number of nitrogens with one attached hydrogen (secondary N) is 2. The third-order valence-corrected chi connectivity index (χ3v) is 5.33. The standard InChI is InChI=1S/C18H32N6O.ClH/c1-2-22-11-13-23(14-12-22)9-4-8-20-18(25)17-6-10-24(21-17)16-5-3-7-19-15-16;/h6,10,16,19H,2-5,7-9,11-15H2,1H3,(H,20,25);1H. The SMILES string of the molecule is CCN1CCN(CCCNC(=O)c2ccn(C3CCCNC3)n2)CC1.Cl. The van der Waals surface area contributed by atoms with E-state index in [-0.39, 0.29) is 18.3 Å². The second-order valence-corrected chi connectivity index (χ2v) is 7.07. The molecule has 2 saturated heterocycles. The number of likely N-dealkylation sites (N-methyl/N-ethyl adjacent to an activating group) is 1. The number of carbonyl (C=O) groups is 1. The fraction of sp³-hybridized carbons (Fsp3) is 0.778. The number of hydrogen-bond donors (Lipinski definition) is 2. The molecule has 1 aromatic heterocycles. The normalized spacial score (nSPS) is 22.0. The van der Waals surface area contributed by atoms with Gasteiger partial charge in [-0.1, -0.05) is 6.92 Å². The van der Waals surface area contributed by atoms with E-state index in [1.165, 1.54) is 6.42 Å².